The Morgan fingerprint density at radius 2 is 2.03 bits per heavy atom. The molecule has 2 N–H and O–H groups in total. The molecule has 2 aromatic rings. The molecule has 0 radical (unpaired) electrons. The van der Waals surface area contributed by atoms with E-state index in [1.165, 1.54) is 0 Å². The Bertz CT molecular complexity index is 1040. The normalized spacial score (nSPS) is 16.3. The molecule has 1 aromatic heterocycles. The van der Waals surface area contributed by atoms with Gasteiger partial charge in [0.05, 0.1) is 11.4 Å². The number of aryl methyl sites for hydroxylation is 1. The third kappa shape index (κ3) is 6.91. The average molecular weight is 460 g/mol. The van der Waals surface area contributed by atoms with E-state index in [2.05, 4.69) is 65.7 Å². The van der Waals surface area contributed by atoms with Crippen LogP contribution in [-0.4, -0.2) is 55.9 Å². The summed E-state index contributed by atoms with van der Waals surface area (Å²) in [4.78, 5) is 11.7. The van der Waals surface area contributed by atoms with Gasteiger partial charge in [-0.05, 0) is 61.7 Å². The number of aromatic nitrogens is 1. The summed E-state index contributed by atoms with van der Waals surface area (Å²) in [6, 6.07) is 11.1. The fraction of sp³-hybridized carbons (Fsp3) is 0.379. The zero-order chi connectivity index (χ0) is 25.1. The number of anilines is 1. The number of aliphatic imine (C=N–C) groups is 1. The van der Waals surface area contributed by atoms with Gasteiger partial charge in [0.15, 0.2) is 0 Å². The summed E-state index contributed by atoms with van der Waals surface area (Å²) in [5.74, 6) is 0.885. The molecule has 1 unspecified atom stereocenters. The molecule has 1 atom stereocenters. The van der Waals surface area contributed by atoms with Crippen LogP contribution in [-0.2, 0) is 0 Å². The number of nitrogens with zero attached hydrogens (tertiary/aromatic N) is 3. The maximum absolute atomic E-state index is 5.13. The predicted octanol–water partition coefficient (Wildman–Crippen LogP) is 5.94. The summed E-state index contributed by atoms with van der Waals surface area (Å²) < 4.78 is 0. The Balaban J connectivity index is 0.00000199. The van der Waals surface area contributed by atoms with Crippen LogP contribution < -0.4 is 10.6 Å². The van der Waals surface area contributed by atoms with Crippen LogP contribution in [0.25, 0.3) is 16.8 Å². The second kappa shape index (κ2) is 13.5. The third-order valence-electron chi connectivity index (χ3n) is 5.54. The highest BCUT2D eigenvalue weighted by molar-refractivity contribution is 6.12. The van der Waals surface area contributed by atoms with Crippen LogP contribution in [0.15, 0.2) is 66.3 Å². The van der Waals surface area contributed by atoms with Crippen molar-refractivity contribution in [2.75, 3.05) is 39.5 Å². The Morgan fingerprint density at radius 3 is 2.62 bits per heavy atom. The molecule has 0 bridgehead atoms. The molecule has 1 aliphatic heterocycles. The number of nitrogens with one attached hydrogen (secondary N) is 2. The van der Waals surface area contributed by atoms with Gasteiger partial charge >= 0.3 is 0 Å². The molecule has 3 rings (SSSR count). The van der Waals surface area contributed by atoms with Gasteiger partial charge in [-0.1, -0.05) is 50.8 Å². The van der Waals surface area contributed by atoms with Gasteiger partial charge in [-0.15, -0.1) is 0 Å². The van der Waals surface area contributed by atoms with Crippen molar-refractivity contribution in [3.63, 3.8) is 0 Å². The Labute approximate surface area is 206 Å². The van der Waals surface area contributed by atoms with Crippen LogP contribution in [0.3, 0.4) is 0 Å². The van der Waals surface area contributed by atoms with Crippen molar-refractivity contribution >= 4 is 17.1 Å². The highest BCUT2D eigenvalue weighted by atomic mass is 15.1. The Hall–Kier alpha value is -3.18. The lowest BCUT2D eigenvalue weighted by Crippen LogP contribution is -2.24. The zero-order valence-corrected chi connectivity index (χ0v) is 21.9. The first-order chi connectivity index (χ1) is 16.5. The van der Waals surface area contributed by atoms with Gasteiger partial charge in [0.2, 0.25) is 0 Å². The second-order valence-electron chi connectivity index (χ2n) is 8.33. The minimum absolute atomic E-state index is 0.363. The summed E-state index contributed by atoms with van der Waals surface area (Å²) in [6.07, 6.45) is 9.11. The summed E-state index contributed by atoms with van der Waals surface area (Å²) in [7, 11) is 5.87. The lowest BCUT2D eigenvalue weighted by molar-refractivity contribution is 0.566. The van der Waals surface area contributed by atoms with Crippen LogP contribution in [0.2, 0.25) is 0 Å². The first kappa shape index (κ1) is 27.1. The molecule has 2 heterocycles. The van der Waals surface area contributed by atoms with Crippen LogP contribution in [0.1, 0.15) is 43.9 Å². The minimum Gasteiger partial charge on any atom is -0.383 e. The van der Waals surface area contributed by atoms with Crippen LogP contribution in [0.4, 0.5) is 5.82 Å². The van der Waals surface area contributed by atoms with Crippen molar-refractivity contribution in [3.8, 4) is 11.3 Å². The van der Waals surface area contributed by atoms with Gasteiger partial charge in [0.1, 0.15) is 5.82 Å². The summed E-state index contributed by atoms with van der Waals surface area (Å²) in [5.41, 5.74) is 7.36. The molecule has 0 spiro atoms. The molecule has 5 heteroatoms. The monoisotopic (exact) mass is 459 g/mol. The van der Waals surface area contributed by atoms with E-state index in [0.29, 0.717) is 6.04 Å². The summed E-state index contributed by atoms with van der Waals surface area (Å²) in [5, 5.41) is 7.10. The maximum Gasteiger partial charge on any atom is 0.136 e. The molecule has 34 heavy (non-hydrogen) atoms. The van der Waals surface area contributed by atoms with Gasteiger partial charge < -0.3 is 15.5 Å². The van der Waals surface area contributed by atoms with Gasteiger partial charge in [0, 0.05) is 51.1 Å². The van der Waals surface area contributed by atoms with E-state index in [1.54, 1.807) is 0 Å². The van der Waals surface area contributed by atoms with E-state index in [9.17, 15) is 0 Å². The number of hydrogen-bond acceptors (Lipinski definition) is 5. The first-order valence-electron chi connectivity index (χ1n) is 12.2. The number of pyridine rings is 1. The fourth-order valence-electron chi connectivity index (χ4n) is 3.99. The third-order valence-corrected chi connectivity index (χ3v) is 5.54. The van der Waals surface area contributed by atoms with Gasteiger partial charge in [-0.3, -0.25) is 4.99 Å². The van der Waals surface area contributed by atoms with Crippen molar-refractivity contribution in [2.24, 2.45) is 4.99 Å². The fourth-order valence-corrected chi connectivity index (χ4v) is 3.99. The molecule has 1 aromatic carbocycles. The largest absolute Gasteiger partial charge is 0.383 e. The maximum atomic E-state index is 5.13. The first-order valence-corrected chi connectivity index (χ1v) is 12.2. The van der Waals surface area contributed by atoms with Crippen LogP contribution >= 0.6 is 0 Å². The molecule has 1 fully saturated rings. The molecule has 0 saturated carbocycles. The second-order valence-corrected chi connectivity index (χ2v) is 8.33. The van der Waals surface area contributed by atoms with Crippen molar-refractivity contribution < 1.29 is 0 Å². The van der Waals surface area contributed by atoms with Gasteiger partial charge in [0.25, 0.3) is 0 Å². The molecule has 182 valence electrons. The van der Waals surface area contributed by atoms with Gasteiger partial charge in [-0.2, -0.15) is 0 Å². The SMILES string of the molecule is C=C/C(=C\N(C)C)c1cccc(-c2nc(NC3CCNC3)c(C(/C=C\C)=NC)cc2C)c1.CC. The molecule has 0 amide bonds. The molecule has 1 saturated heterocycles. The van der Waals surface area contributed by atoms with E-state index in [4.69, 9.17) is 4.98 Å². The van der Waals surface area contributed by atoms with Crippen molar-refractivity contribution in [1.29, 1.82) is 0 Å². The topological polar surface area (TPSA) is 52.6 Å². The number of benzene rings is 1. The molecular formula is C29H41N5. The van der Waals surface area contributed by atoms with Crippen LogP contribution in [0, 0.1) is 6.92 Å². The lowest BCUT2D eigenvalue weighted by atomic mass is 9.98. The van der Waals surface area contributed by atoms with Crippen molar-refractivity contribution in [1.82, 2.24) is 15.2 Å². The summed E-state index contributed by atoms with van der Waals surface area (Å²) in [6.45, 7) is 14.1. The molecule has 0 aliphatic carbocycles. The van der Waals surface area contributed by atoms with E-state index in [0.717, 1.165) is 64.6 Å². The quantitative estimate of drug-likeness (QED) is 0.379. The van der Waals surface area contributed by atoms with Gasteiger partial charge in [-0.25, -0.2) is 4.98 Å². The smallest absolute Gasteiger partial charge is 0.136 e. The highest BCUT2D eigenvalue weighted by Gasteiger charge is 2.20. The Morgan fingerprint density at radius 1 is 1.26 bits per heavy atom. The molecular weight excluding hydrogens is 418 g/mol. The lowest BCUT2D eigenvalue weighted by Gasteiger charge is -2.19. The van der Waals surface area contributed by atoms with E-state index in [1.807, 2.05) is 65.0 Å². The molecule has 1 aliphatic rings. The zero-order valence-electron chi connectivity index (χ0n) is 21.9. The standard InChI is InChI=1S/C27H35N5.C2H6/c1-7-10-25(28-4)24-15-19(3)26(31-27(24)30-23-13-14-29-17-23)22-12-9-11-21(16-22)20(8-2)18-32(5)6;1-2/h7-12,15-16,18,23,29H,2,13-14,17H2,1,3-6H3,(H,30,31);1-2H3/b10-7-,20-18+,28-25?;. The number of rotatable bonds is 8. The number of allylic oxidation sites excluding steroid dienone is 4. The minimum atomic E-state index is 0.363. The highest BCUT2D eigenvalue weighted by Crippen LogP contribution is 2.30. The molecule has 5 nitrogen and oxygen atoms in total. The van der Waals surface area contributed by atoms with E-state index < -0.39 is 0 Å². The number of hydrogen-bond donors (Lipinski definition) is 2. The van der Waals surface area contributed by atoms with E-state index in [-0.39, 0.29) is 0 Å². The van der Waals surface area contributed by atoms with Crippen molar-refractivity contribution in [2.45, 2.75) is 40.2 Å². The Kier molecular flexibility index (Phi) is 10.8. The summed E-state index contributed by atoms with van der Waals surface area (Å²) >= 11 is 0. The van der Waals surface area contributed by atoms with Crippen LogP contribution in [0.5, 0.6) is 0 Å². The predicted molar refractivity (Wildman–Crippen MR) is 150 cm³/mol. The average Bonchev–Trinajstić information content (AvgIpc) is 3.36. The van der Waals surface area contributed by atoms with Crippen molar-refractivity contribution in [3.05, 3.63) is 78.0 Å². The van der Waals surface area contributed by atoms with E-state index >= 15 is 0 Å².